The van der Waals surface area contributed by atoms with E-state index in [4.69, 9.17) is 14.2 Å². The predicted molar refractivity (Wildman–Crippen MR) is 104 cm³/mol. The van der Waals surface area contributed by atoms with Crippen molar-refractivity contribution in [1.82, 2.24) is 0 Å². The highest BCUT2D eigenvalue weighted by Crippen LogP contribution is 2.33. The lowest BCUT2D eigenvalue weighted by molar-refractivity contribution is -0.301. The largest absolute Gasteiger partial charge is 0.373 e. The maximum atomic E-state index is 6.13. The fourth-order valence-corrected chi connectivity index (χ4v) is 4.07. The Hall–Kier alpha value is -0.120. The lowest BCUT2D eigenvalue weighted by atomic mass is 9.99. The highest BCUT2D eigenvalue weighted by atomic mass is 16.7. The summed E-state index contributed by atoms with van der Waals surface area (Å²) in [6, 6.07) is 0. The fourth-order valence-electron chi connectivity index (χ4n) is 4.07. The highest BCUT2D eigenvalue weighted by molar-refractivity contribution is 4.82. The van der Waals surface area contributed by atoms with Crippen LogP contribution in [-0.4, -0.2) is 30.7 Å². The van der Waals surface area contributed by atoms with Gasteiger partial charge in [-0.1, -0.05) is 77.6 Å². The van der Waals surface area contributed by atoms with Crippen LogP contribution in [0.15, 0.2) is 0 Å². The van der Waals surface area contributed by atoms with Crippen LogP contribution in [0.1, 0.15) is 111 Å². The molecule has 0 aliphatic carbocycles. The smallest absolute Gasteiger partial charge is 0.163 e. The molecule has 25 heavy (non-hydrogen) atoms. The lowest BCUT2D eigenvalue weighted by Gasteiger charge is -2.41. The zero-order valence-electron chi connectivity index (χ0n) is 17.1. The van der Waals surface area contributed by atoms with Crippen LogP contribution in [0.4, 0.5) is 0 Å². The third-order valence-corrected chi connectivity index (χ3v) is 5.48. The van der Waals surface area contributed by atoms with Crippen LogP contribution < -0.4 is 0 Å². The van der Waals surface area contributed by atoms with Crippen LogP contribution in [0, 0.1) is 0 Å². The van der Waals surface area contributed by atoms with Crippen LogP contribution in [-0.2, 0) is 14.2 Å². The van der Waals surface area contributed by atoms with Gasteiger partial charge in [0.25, 0.3) is 0 Å². The van der Waals surface area contributed by atoms with Gasteiger partial charge in [-0.25, -0.2) is 0 Å². The van der Waals surface area contributed by atoms with Gasteiger partial charge >= 0.3 is 0 Å². The van der Waals surface area contributed by atoms with E-state index in [0.717, 1.165) is 19.4 Å². The second kappa shape index (κ2) is 11.6. The monoisotopic (exact) mass is 354 g/mol. The summed E-state index contributed by atoms with van der Waals surface area (Å²) in [5, 5.41) is 0. The van der Waals surface area contributed by atoms with E-state index in [2.05, 4.69) is 20.8 Å². The molecule has 3 atom stereocenters. The molecule has 0 amide bonds. The molecule has 0 spiro atoms. The van der Waals surface area contributed by atoms with Gasteiger partial charge in [0.15, 0.2) is 5.79 Å². The minimum Gasteiger partial charge on any atom is -0.373 e. The van der Waals surface area contributed by atoms with Crippen LogP contribution in [0.3, 0.4) is 0 Å². The summed E-state index contributed by atoms with van der Waals surface area (Å²) in [5.41, 5.74) is 0. The van der Waals surface area contributed by atoms with Gasteiger partial charge in [0.2, 0.25) is 0 Å². The molecule has 0 aromatic rings. The second-order valence-electron chi connectivity index (χ2n) is 8.63. The van der Waals surface area contributed by atoms with Crippen molar-refractivity contribution < 1.29 is 14.2 Å². The molecule has 2 heterocycles. The first kappa shape index (κ1) is 21.2. The Kier molecular flexibility index (Phi) is 9.80. The molecule has 2 aliphatic heterocycles. The molecule has 2 saturated heterocycles. The Balaban J connectivity index is 1.45. The Bertz CT molecular complexity index is 338. The fraction of sp³-hybridized carbons (Fsp3) is 1.00. The van der Waals surface area contributed by atoms with Crippen molar-refractivity contribution in [2.75, 3.05) is 6.61 Å². The summed E-state index contributed by atoms with van der Waals surface area (Å²) < 4.78 is 17.6. The standard InChI is InChI=1S/C22H42O3/c1-4-5-6-7-8-9-10-11-12-13-14-15-19-16-20(17-21-18-23-21)25-22(2,3)24-19/h19-21H,4-18H2,1-3H3/t19-,20-,21-/m1/s1. The minimum absolute atomic E-state index is 0.314. The van der Waals surface area contributed by atoms with E-state index in [1.165, 1.54) is 77.0 Å². The summed E-state index contributed by atoms with van der Waals surface area (Å²) in [7, 11) is 0. The quantitative estimate of drug-likeness (QED) is 0.267. The van der Waals surface area contributed by atoms with Gasteiger partial charge in [0, 0.05) is 12.8 Å². The Morgan fingerprint density at radius 1 is 0.720 bits per heavy atom. The van der Waals surface area contributed by atoms with Gasteiger partial charge in [-0.15, -0.1) is 0 Å². The van der Waals surface area contributed by atoms with Crippen LogP contribution >= 0.6 is 0 Å². The van der Waals surface area contributed by atoms with E-state index in [-0.39, 0.29) is 0 Å². The van der Waals surface area contributed by atoms with E-state index in [9.17, 15) is 0 Å². The average molecular weight is 355 g/mol. The third-order valence-electron chi connectivity index (χ3n) is 5.48. The number of rotatable bonds is 14. The van der Waals surface area contributed by atoms with Gasteiger partial charge in [-0.05, 0) is 20.3 Å². The molecule has 148 valence electrons. The molecule has 0 N–H and O–H groups in total. The van der Waals surface area contributed by atoms with Crippen molar-refractivity contribution in [2.45, 2.75) is 135 Å². The summed E-state index contributed by atoms with van der Waals surface area (Å²) in [6.07, 6.45) is 19.8. The highest BCUT2D eigenvalue weighted by Gasteiger charge is 2.38. The first-order chi connectivity index (χ1) is 12.1. The summed E-state index contributed by atoms with van der Waals surface area (Å²) >= 11 is 0. The van der Waals surface area contributed by atoms with Crippen molar-refractivity contribution in [3.05, 3.63) is 0 Å². The van der Waals surface area contributed by atoms with Crippen LogP contribution in [0.2, 0.25) is 0 Å². The van der Waals surface area contributed by atoms with E-state index in [0.29, 0.717) is 18.3 Å². The number of hydrogen-bond acceptors (Lipinski definition) is 3. The zero-order chi connectivity index (χ0) is 18.0. The number of epoxide rings is 1. The lowest BCUT2D eigenvalue weighted by Crippen LogP contribution is -2.45. The first-order valence-electron chi connectivity index (χ1n) is 11.1. The first-order valence-corrected chi connectivity index (χ1v) is 11.1. The Labute approximate surface area is 156 Å². The SMILES string of the molecule is CCCCCCCCCCCCC[C@@H]1C[C@H](C[C@@H]2CO2)OC(C)(C)O1. The van der Waals surface area contributed by atoms with Crippen molar-refractivity contribution in [2.24, 2.45) is 0 Å². The van der Waals surface area contributed by atoms with Crippen molar-refractivity contribution in [3.8, 4) is 0 Å². The van der Waals surface area contributed by atoms with Crippen molar-refractivity contribution in [1.29, 1.82) is 0 Å². The molecule has 3 heteroatoms. The van der Waals surface area contributed by atoms with E-state index in [1.54, 1.807) is 0 Å². The minimum atomic E-state index is -0.430. The van der Waals surface area contributed by atoms with E-state index < -0.39 is 5.79 Å². The van der Waals surface area contributed by atoms with E-state index in [1.807, 2.05) is 0 Å². The number of hydrogen-bond donors (Lipinski definition) is 0. The second-order valence-corrected chi connectivity index (χ2v) is 8.63. The van der Waals surface area contributed by atoms with Gasteiger partial charge in [0.05, 0.1) is 24.9 Å². The molecule has 0 unspecified atom stereocenters. The molecule has 2 rings (SSSR count). The van der Waals surface area contributed by atoms with E-state index >= 15 is 0 Å². The average Bonchev–Trinajstić information content (AvgIpc) is 3.35. The third kappa shape index (κ3) is 9.96. The molecule has 0 aromatic heterocycles. The van der Waals surface area contributed by atoms with Gasteiger partial charge in [-0.2, -0.15) is 0 Å². The molecule has 0 bridgehead atoms. The van der Waals surface area contributed by atoms with Crippen LogP contribution in [0.5, 0.6) is 0 Å². The van der Waals surface area contributed by atoms with Gasteiger partial charge in [-0.3, -0.25) is 0 Å². The summed E-state index contributed by atoms with van der Waals surface area (Å²) in [4.78, 5) is 0. The normalized spacial score (nSPS) is 28.2. The van der Waals surface area contributed by atoms with Crippen molar-refractivity contribution in [3.63, 3.8) is 0 Å². The molecule has 2 fully saturated rings. The van der Waals surface area contributed by atoms with Gasteiger partial charge < -0.3 is 14.2 Å². The number of ether oxygens (including phenoxy) is 3. The topological polar surface area (TPSA) is 31.0 Å². The number of unbranched alkanes of at least 4 members (excludes halogenated alkanes) is 10. The Morgan fingerprint density at radius 2 is 1.24 bits per heavy atom. The van der Waals surface area contributed by atoms with Gasteiger partial charge in [0.1, 0.15) is 0 Å². The maximum Gasteiger partial charge on any atom is 0.163 e. The zero-order valence-corrected chi connectivity index (χ0v) is 17.1. The molecule has 0 saturated carbocycles. The summed E-state index contributed by atoms with van der Waals surface area (Å²) in [6.45, 7) is 7.32. The predicted octanol–water partition coefficient (Wildman–Crippen LogP) is 6.39. The molecule has 3 nitrogen and oxygen atoms in total. The molecular weight excluding hydrogens is 312 g/mol. The molecule has 0 aromatic carbocycles. The summed E-state index contributed by atoms with van der Waals surface area (Å²) in [5.74, 6) is -0.430. The molecule has 2 aliphatic rings. The van der Waals surface area contributed by atoms with Crippen molar-refractivity contribution >= 4 is 0 Å². The molecular formula is C22H42O3. The Morgan fingerprint density at radius 3 is 1.80 bits per heavy atom. The molecule has 0 radical (unpaired) electrons. The maximum absolute atomic E-state index is 6.13. The van der Waals surface area contributed by atoms with Crippen LogP contribution in [0.25, 0.3) is 0 Å².